The van der Waals surface area contributed by atoms with E-state index in [1.807, 2.05) is 17.6 Å². The lowest BCUT2D eigenvalue weighted by atomic mass is 9.80. The van der Waals surface area contributed by atoms with Crippen molar-refractivity contribution in [2.75, 3.05) is 0 Å². The Labute approximate surface area is 103 Å². The summed E-state index contributed by atoms with van der Waals surface area (Å²) in [5, 5.41) is 13.8. The van der Waals surface area contributed by atoms with Crippen molar-refractivity contribution in [2.24, 2.45) is 23.7 Å². The van der Waals surface area contributed by atoms with E-state index >= 15 is 0 Å². The molecule has 5 atom stereocenters. The molecule has 4 nitrogen and oxygen atoms in total. The molecule has 1 aliphatic heterocycles. The zero-order valence-corrected chi connectivity index (χ0v) is 9.89. The fourth-order valence-corrected chi connectivity index (χ4v) is 3.92. The van der Waals surface area contributed by atoms with Gasteiger partial charge >= 0.3 is 5.97 Å². The first-order valence-corrected chi connectivity index (χ1v) is 6.64. The van der Waals surface area contributed by atoms with E-state index in [0.717, 1.165) is 6.42 Å². The van der Waals surface area contributed by atoms with Crippen molar-refractivity contribution < 1.29 is 14.7 Å². The number of carboxylic acids is 1. The Bertz CT molecular complexity index is 423. The van der Waals surface area contributed by atoms with Crippen molar-refractivity contribution in [1.82, 2.24) is 5.32 Å². The summed E-state index contributed by atoms with van der Waals surface area (Å²) in [6.45, 7) is 0. The maximum atomic E-state index is 12.3. The molecule has 0 radical (unpaired) electrons. The van der Waals surface area contributed by atoms with Crippen molar-refractivity contribution in [3.63, 3.8) is 0 Å². The number of thioether (sulfide) groups is 1. The van der Waals surface area contributed by atoms with Crippen LogP contribution in [0.2, 0.25) is 0 Å². The average molecular weight is 251 g/mol. The van der Waals surface area contributed by atoms with E-state index in [4.69, 9.17) is 0 Å². The molecule has 3 rings (SSSR count). The number of nitrogens with one attached hydrogen (secondary N) is 1. The SMILES string of the molecule is O=C(O)C1C2C=CC(C2)C1C(=O)C1NC=CS1. The number of allylic oxidation sites excluding steroid dienone is 2. The molecule has 0 amide bonds. The number of ketones is 1. The van der Waals surface area contributed by atoms with Gasteiger partial charge in [0.1, 0.15) is 5.37 Å². The summed E-state index contributed by atoms with van der Waals surface area (Å²) in [6.07, 6.45) is 6.53. The third-order valence-corrected chi connectivity index (χ3v) is 4.80. The molecular formula is C12H13NO3S. The normalized spacial score (nSPS) is 41.8. The van der Waals surface area contributed by atoms with Crippen LogP contribution in [0.3, 0.4) is 0 Å². The van der Waals surface area contributed by atoms with Gasteiger partial charge in [0, 0.05) is 12.1 Å². The second-order valence-corrected chi connectivity index (χ2v) is 5.74. The van der Waals surface area contributed by atoms with Crippen molar-refractivity contribution in [3.8, 4) is 0 Å². The van der Waals surface area contributed by atoms with Crippen LogP contribution in [0, 0.1) is 23.7 Å². The second kappa shape index (κ2) is 3.91. The number of hydrogen-bond donors (Lipinski definition) is 2. The summed E-state index contributed by atoms with van der Waals surface area (Å²) in [5.74, 6) is -1.52. The van der Waals surface area contributed by atoms with E-state index in [2.05, 4.69) is 5.32 Å². The van der Waals surface area contributed by atoms with E-state index in [0.29, 0.717) is 0 Å². The number of Topliss-reactive ketones (excluding diaryl/α,β-unsaturated/α-hetero) is 1. The van der Waals surface area contributed by atoms with Crippen LogP contribution in [0.1, 0.15) is 6.42 Å². The molecule has 2 aliphatic carbocycles. The number of aliphatic carboxylic acids is 1. The average Bonchev–Trinajstić information content (AvgIpc) is 3.02. The van der Waals surface area contributed by atoms with Crippen molar-refractivity contribution >= 4 is 23.5 Å². The maximum absolute atomic E-state index is 12.3. The summed E-state index contributed by atoms with van der Waals surface area (Å²) in [4.78, 5) is 23.6. The number of carboxylic acid groups (broad SMARTS) is 1. The predicted octanol–water partition coefficient (Wildman–Crippen LogP) is 1.21. The molecule has 0 aromatic rings. The van der Waals surface area contributed by atoms with Gasteiger partial charge in [-0.05, 0) is 23.7 Å². The smallest absolute Gasteiger partial charge is 0.307 e. The van der Waals surface area contributed by atoms with Crippen LogP contribution in [-0.2, 0) is 9.59 Å². The lowest BCUT2D eigenvalue weighted by Gasteiger charge is -2.25. The van der Waals surface area contributed by atoms with Gasteiger partial charge in [0.2, 0.25) is 0 Å². The van der Waals surface area contributed by atoms with Crippen LogP contribution in [-0.4, -0.2) is 22.2 Å². The van der Waals surface area contributed by atoms with Gasteiger partial charge in [-0.25, -0.2) is 0 Å². The third-order valence-electron chi connectivity index (χ3n) is 3.86. The fraction of sp³-hybridized carbons (Fsp3) is 0.500. The zero-order chi connectivity index (χ0) is 12.0. The molecule has 1 saturated carbocycles. The number of fused-ring (bicyclic) bond motifs is 2. The summed E-state index contributed by atoms with van der Waals surface area (Å²) in [5.41, 5.74) is 0. The van der Waals surface area contributed by atoms with Gasteiger partial charge in [0.05, 0.1) is 5.92 Å². The minimum Gasteiger partial charge on any atom is -0.481 e. The zero-order valence-electron chi connectivity index (χ0n) is 9.08. The number of rotatable bonds is 3. The molecule has 0 aromatic heterocycles. The predicted molar refractivity (Wildman–Crippen MR) is 64.0 cm³/mol. The Morgan fingerprint density at radius 2 is 1.94 bits per heavy atom. The Morgan fingerprint density at radius 3 is 2.53 bits per heavy atom. The highest BCUT2D eigenvalue weighted by Gasteiger charge is 2.52. The Kier molecular flexibility index (Phi) is 2.50. The molecule has 0 saturated heterocycles. The highest BCUT2D eigenvalue weighted by atomic mass is 32.2. The lowest BCUT2D eigenvalue weighted by molar-refractivity contribution is -0.147. The molecule has 5 heteroatoms. The van der Waals surface area contributed by atoms with Gasteiger partial charge < -0.3 is 10.4 Å². The monoisotopic (exact) mass is 251 g/mol. The second-order valence-electron chi connectivity index (χ2n) is 4.73. The highest BCUT2D eigenvalue weighted by molar-refractivity contribution is 8.03. The maximum Gasteiger partial charge on any atom is 0.307 e. The van der Waals surface area contributed by atoms with Crippen LogP contribution in [0.5, 0.6) is 0 Å². The summed E-state index contributed by atoms with van der Waals surface area (Å²) in [7, 11) is 0. The number of carbonyl (C=O) groups is 2. The van der Waals surface area contributed by atoms with Gasteiger partial charge in [0.25, 0.3) is 0 Å². The Morgan fingerprint density at radius 1 is 1.24 bits per heavy atom. The summed E-state index contributed by atoms with van der Waals surface area (Å²) < 4.78 is 0. The van der Waals surface area contributed by atoms with Gasteiger partial charge in [0.15, 0.2) is 5.78 Å². The largest absolute Gasteiger partial charge is 0.481 e. The van der Waals surface area contributed by atoms with E-state index < -0.39 is 11.9 Å². The first-order valence-electron chi connectivity index (χ1n) is 5.70. The van der Waals surface area contributed by atoms with E-state index in [9.17, 15) is 14.7 Å². The van der Waals surface area contributed by atoms with Crippen LogP contribution >= 0.6 is 11.8 Å². The van der Waals surface area contributed by atoms with Gasteiger partial charge in [-0.3, -0.25) is 9.59 Å². The molecule has 17 heavy (non-hydrogen) atoms. The molecule has 1 heterocycles. The lowest BCUT2D eigenvalue weighted by Crippen LogP contribution is -2.40. The number of carbonyl (C=O) groups excluding carboxylic acids is 1. The molecule has 1 fully saturated rings. The van der Waals surface area contributed by atoms with Crippen LogP contribution < -0.4 is 5.32 Å². The van der Waals surface area contributed by atoms with Crippen molar-refractivity contribution in [1.29, 1.82) is 0 Å². The van der Waals surface area contributed by atoms with Crippen LogP contribution in [0.15, 0.2) is 23.8 Å². The number of hydrogen-bond acceptors (Lipinski definition) is 4. The minimum absolute atomic E-state index is 0.0317. The molecule has 5 unspecified atom stereocenters. The highest BCUT2D eigenvalue weighted by Crippen LogP contribution is 2.49. The molecular weight excluding hydrogens is 238 g/mol. The van der Waals surface area contributed by atoms with Gasteiger partial charge in [-0.1, -0.05) is 23.9 Å². The van der Waals surface area contributed by atoms with E-state index in [1.165, 1.54) is 11.8 Å². The first kappa shape index (κ1) is 10.9. The molecule has 3 aliphatic rings. The van der Waals surface area contributed by atoms with Gasteiger partial charge in [-0.2, -0.15) is 0 Å². The van der Waals surface area contributed by atoms with Crippen LogP contribution in [0.25, 0.3) is 0 Å². The third kappa shape index (κ3) is 1.60. The van der Waals surface area contributed by atoms with Gasteiger partial charge in [-0.15, -0.1) is 0 Å². The molecule has 0 spiro atoms. The summed E-state index contributed by atoms with van der Waals surface area (Å²) in [6, 6.07) is 0. The summed E-state index contributed by atoms with van der Waals surface area (Å²) >= 11 is 1.42. The van der Waals surface area contributed by atoms with Crippen molar-refractivity contribution in [3.05, 3.63) is 23.8 Å². The minimum atomic E-state index is -0.837. The Hall–Kier alpha value is -1.23. The Balaban J connectivity index is 1.83. The molecule has 2 N–H and O–H groups in total. The topological polar surface area (TPSA) is 66.4 Å². The van der Waals surface area contributed by atoms with Crippen molar-refractivity contribution in [2.45, 2.75) is 11.8 Å². The first-order chi connectivity index (χ1) is 8.18. The fourth-order valence-electron chi connectivity index (χ4n) is 3.15. The van der Waals surface area contributed by atoms with E-state index in [1.54, 1.807) is 6.20 Å². The molecule has 2 bridgehead atoms. The quantitative estimate of drug-likeness (QED) is 0.738. The molecule has 90 valence electrons. The van der Waals surface area contributed by atoms with E-state index in [-0.39, 0.29) is 28.9 Å². The van der Waals surface area contributed by atoms with Crippen LogP contribution in [0.4, 0.5) is 0 Å². The standard InChI is InChI=1S/C12H13NO3S/c14-10(11-13-3-4-17-11)8-6-1-2-7(5-6)9(8)12(15)16/h1-4,6-9,11,13H,5H2,(H,15,16). The molecule has 0 aromatic carbocycles.